The Bertz CT molecular complexity index is 1590. The van der Waals surface area contributed by atoms with Gasteiger partial charge in [-0.1, -0.05) is 30.3 Å². The number of imidazole rings is 1. The van der Waals surface area contributed by atoms with Gasteiger partial charge in [0.15, 0.2) is 0 Å². The average molecular weight is 590 g/mol. The van der Waals surface area contributed by atoms with E-state index in [0.717, 1.165) is 22.3 Å². The van der Waals surface area contributed by atoms with Crippen molar-refractivity contribution >= 4 is 26.9 Å². The summed E-state index contributed by atoms with van der Waals surface area (Å²) in [6, 6.07) is 21.0. The highest BCUT2D eigenvalue weighted by atomic mass is 32.2. The summed E-state index contributed by atoms with van der Waals surface area (Å²) in [7, 11) is -0.439. The van der Waals surface area contributed by atoms with Crippen LogP contribution in [0.25, 0.3) is 11.0 Å². The van der Waals surface area contributed by atoms with Crippen LogP contribution in [0.1, 0.15) is 11.4 Å². The van der Waals surface area contributed by atoms with Gasteiger partial charge in [0.05, 0.1) is 11.0 Å². The van der Waals surface area contributed by atoms with Gasteiger partial charge in [0.25, 0.3) is 10.2 Å². The average Bonchev–Trinajstić information content (AvgIpc) is 3.29. The van der Waals surface area contributed by atoms with Gasteiger partial charge in [0.1, 0.15) is 23.9 Å². The van der Waals surface area contributed by atoms with E-state index in [9.17, 15) is 21.6 Å². The van der Waals surface area contributed by atoms with Crippen LogP contribution < -0.4 is 14.4 Å². The number of para-hydroxylation sites is 1. The molecular weight excluding hydrogens is 559 g/mol. The van der Waals surface area contributed by atoms with E-state index in [1.807, 2.05) is 53.1 Å². The number of halogens is 3. The fourth-order valence-corrected chi connectivity index (χ4v) is 5.78. The molecule has 5 rings (SSSR count). The van der Waals surface area contributed by atoms with Crippen LogP contribution in [0.2, 0.25) is 0 Å². The Labute approximate surface area is 236 Å². The van der Waals surface area contributed by atoms with E-state index in [4.69, 9.17) is 9.72 Å². The quantitative estimate of drug-likeness (QED) is 0.286. The lowest BCUT2D eigenvalue weighted by atomic mass is 10.2. The van der Waals surface area contributed by atoms with Gasteiger partial charge in [-0.3, -0.25) is 0 Å². The Morgan fingerprint density at radius 3 is 2.22 bits per heavy atom. The number of nitrogens with zero attached hydrogens (tertiary/aromatic N) is 5. The minimum Gasteiger partial charge on any atom is -0.486 e. The lowest BCUT2D eigenvalue weighted by molar-refractivity contribution is -0.274. The molecular formula is C28H30F3N5O4S. The topological polar surface area (TPSA) is 80.1 Å². The van der Waals surface area contributed by atoms with Crippen LogP contribution in [0.15, 0.2) is 72.8 Å². The molecule has 0 amide bonds. The number of ether oxygens (including phenoxy) is 2. The highest BCUT2D eigenvalue weighted by molar-refractivity contribution is 7.86. The van der Waals surface area contributed by atoms with Crippen LogP contribution in [-0.4, -0.2) is 73.2 Å². The molecule has 1 aliphatic rings. The number of hydrogen-bond acceptors (Lipinski definition) is 6. The van der Waals surface area contributed by atoms with Gasteiger partial charge in [-0.25, -0.2) is 4.98 Å². The molecule has 3 aromatic carbocycles. The maximum atomic E-state index is 12.6. The molecule has 0 bridgehead atoms. The Kier molecular flexibility index (Phi) is 8.11. The van der Waals surface area contributed by atoms with E-state index < -0.39 is 16.6 Å². The van der Waals surface area contributed by atoms with E-state index in [-0.39, 0.29) is 12.4 Å². The molecule has 41 heavy (non-hydrogen) atoms. The lowest BCUT2D eigenvalue weighted by Crippen LogP contribution is -2.51. The smallest absolute Gasteiger partial charge is 0.486 e. The summed E-state index contributed by atoms with van der Waals surface area (Å²) >= 11 is 0. The highest BCUT2D eigenvalue weighted by Crippen LogP contribution is 2.28. The second-order valence-electron chi connectivity index (χ2n) is 9.76. The summed E-state index contributed by atoms with van der Waals surface area (Å²) in [5.74, 6) is 1.05. The van der Waals surface area contributed by atoms with Crippen LogP contribution in [0, 0.1) is 0 Å². The Hall–Kier alpha value is -3.81. The van der Waals surface area contributed by atoms with Crippen molar-refractivity contribution in [1.29, 1.82) is 0 Å². The molecule has 2 heterocycles. The fraction of sp³-hybridized carbons (Fsp3) is 0.321. The first-order valence-electron chi connectivity index (χ1n) is 12.9. The predicted molar refractivity (Wildman–Crippen MR) is 149 cm³/mol. The summed E-state index contributed by atoms with van der Waals surface area (Å²) in [5.41, 5.74) is 3.25. The zero-order chi connectivity index (χ0) is 29.2. The van der Waals surface area contributed by atoms with Crippen molar-refractivity contribution in [2.75, 3.05) is 45.2 Å². The monoisotopic (exact) mass is 589 g/mol. The minimum absolute atomic E-state index is 0.185. The maximum Gasteiger partial charge on any atom is 0.573 e. The number of rotatable bonds is 9. The molecule has 4 aromatic rings. The van der Waals surface area contributed by atoms with E-state index >= 15 is 0 Å². The van der Waals surface area contributed by atoms with Gasteiger partial charge in [0.2, 0.25) is 0 Å². The molecule has 9 nitrogen and oxygen atoms in total. The third-order valence-electron chi connectivity index (χ3n) is 6.81. The fourth-order valence-electron chi connectivity index (χ4n) is 4.70. The zero-order valence-electron chi connectivity index (χ0n) is 22.6. The first-order chi connectivity index (χ1) is 19.5. The molecule has 0 atom stereocenters. The van der Waals surface area contributed by atoms with Gasteiger partial charge < -0.3 is 18.9 Å². The lowest BCUT2D eigenvalue weighted by Gasteiger charge is -2.36. The van der Waals surface area contributed by atoms with Crippen molar-refractivity contribution in [3.63, 3.8) is 0 Å². The van der Waals surface area contributed by atoms with Gasteiger partial charge >= 0.3 is 6.36 Å². The van der Waals surface area contributed by atoms with Crippen molar-refractivity contribution in [1.82, 2.24) is 18.2 Å². The van der Waals surface area contributed by atoms with Crippen molar-refractivity contribution in [2.45, 2.75) is 19.5 Å². The second-order valence-corrected chi connectivity index (χ2v) is 11.9. The van der Waals surface area contributed by atoms with Crippen LogP contribution in [0.3, 0.4) is 0 Å². The first-order valence-corrected chi connectivity index (χ1v) is 14.3. The molecule has 0 spiro atoms. The molecule has 13 heteroatoms. The van der Waals surface area contributed by atoms with Crippen LogP contribution >= 0.6 is 0 Å². The zero-order valence-corrected chi connectivity index (χ0v) is 23.4. The van der Waals surface area contributed by atoms with Crippen LogP contribution in [0.4, 0.5) is 18.9 Å². The summed E-state index contributed by atoms with van der Waals surface area (Å²) < 4.78 is 77.6. The van der Waals surface area contributed by atoms with E-state index in [1.165, 1.54) is 34.8 Å². The number of fused-ring (bicyclic) bond motifs is 1. The SMILES string of the molecule is CN(C)S(=O)(=O)N1CCN(c2ccc3nc(COc4ccccc4)n(Cc4ccc(OC(F)(F)F)cc4)c3c2)CC1. The largest absolute Gasteiger partial charge is 0.573 e. The molecule has 218 valence electrons. The van der Waals surface area contributed by atoms with Gasteiger partial charge in [-0.2, -0.15) is 17.0 Å². The molecule has 1 fully saturated rings. The number of anilines is 1. The minimum atomic E-state index is -4.76. The molecule has 0 saturated carbocycles. The molecule has 0 N–H and O–H groups in total. The molecule has 0 radical (unpaired) electrons. The van der Waals surface area contributed by atoms with E-state index in [0.29, 0.717) is 44.3 Å². The summed E-state index contributed by atoms with van der Waals surface area (Å²) in [6.45, 7) is 2.30. The van der Waals surface area contributed by atoms with E-state index in [2.05, 4.69) is 9.64 Å². The van der Waals surface area contributed by atoms with Crippen molar-refractivity contribution < 1.29 is 31.1 Å². The third-order valence-corrected chi connectivity index (χ3v) is 8.75. The second kappa shape index (κ2) is 11.6. The number of benzene rings is 3. The molecule has 1 saturated heterocycles. The van der Waals surface area contributed by atoms with Crippen molar-refractivity contribution in [3.05, 3.63) is 84.2 Å². The normalized spacial score (nSPS) is 15.0. The van der Waals surface area contributed by atoms with Gasteiger partial charge in [-0.15, -0.1) is 13.2 Å². The van der Waals surface area contributed by atoms with Crippen molar-refractivity contribution in [2.24, 2.45) is 0 Å². The maximum absolute atomic E-state index is 12.6. The van der Waals surface area contributed by atoms with Crippen molar-refractivity contribution in [3.8, 4) is 11.5 Å². The van der Waals surface area contributed by atoms with Gasteiger partial charge in [0, 0.05) is 52.5 Å². The Morgan fingerprint density at radius 1 is 0.902 bits per heavy atom. The molecule has 0 unspecified atom stereocenters. The number of alkyl halides is 3. The van der Waals surface area contributed by atoms with Gasteiger partial charge in [-0.05, 0) is 48.0 Å². The third kappa shape index (κ3) is 6.75. The Morgan fingerprint density at radius 2 is 1.59 bits per heavy atom. The summed E-state index contributed by atoms with van der Waals surface area (Å²) in [5, 5.41) is 0. The van der Waals surface area contributed by atoms with Crippen LogP contribution in [-0.2, 0) is 23.4 Å². The molecule has 1 aliphatic heterocycles. The first kappa shape index (κ1) is 28.7. The molecule has 1 aromatic heterocycles. The standard InChI is InChI=1S/C28H30F3N5O4S/c1-33(2)41(37,38)35-16-14-34(15-17-35)22-10-13-25-26(18-22)36(27(32-25)20-39-23-6-4-3-5-7-23)19-21-8-11-24(12-9-21)40-28(29,30)31/h3-13,18H,14-17,19-20H2,1-2H3. The number of piperazine rings is 1. The van der Waals surface area contributed by atoms with E-state index in [1.54, 1.807) is 12.1 Å². The number of aromatic nitrogens is 2. The predicted octanol–water partition coefficient (Wildman–Crippen LogP) is 4.49. The summed E-state index contributed by atoms with van der Waals surface area (Å²) in [6.07, 6.45) is -4.76. The summed E-state index contributed by atoms with van der Waals surface area (Å²) in [4.78, 5) is 6.92. The number of hydrogen-bond donors (Lipinski definition) is 0. The molecule has 0 aliphatic carbocycles. The highest BCUT2D eigenvalue weighted by Gasteiger charge is 2.31. The Balaban J connectivity index is 1.42. The van der Waals surface area contributed by atoms with Crippen LogP contribution in [0.5, 0.6) is 11.5 Å².